The van der Waals surface area contributed by atoms with Gasteiger partial charge >= 0.3 is 5.97 Å². The molecule has 0 saturated heterocycles. The molecule has 0 fully saturated rings. The number of unbranched alkanes of at least 4 members (excludes halogenated alkanes) is 22. The monoisotopic (exact) mass is 864 g/mol. The Morgan fingerprint density at radius 3 is 1.44 bits per heavy atom. The van der Waals surface area contributed by atoms with Crippen LogP contribution in [0.2, 0.25) is 0 Å². The Labute approximate surface area is 383 Å². The van der Waals surface area contributed by atoms with Crippen LogP contribution < -0.4 is 5.32 Å². The van der Waals surface area contributed by atoms with Gasteiger partial charge in [0.15, 0.2) is 0 Å². The minimum absolute atomic E-state index is 0.0383. The predicted octanol–water partition coefficient (Wildman–Crippen LogP) is 15.6. The molecule has 62 heavy (non-hydrogen) atoms. The molecule has 0 aromatic rings. The van der Waals surface area contributed by atoms with Gasteiger partial charge in [-0.15, -0.1) is 0 Å². The number of ether oxygens (including phenoxy) is 1. The lowest BCUT2D eigenvalue weighted by atomic mass is 10.0. The molecule has 0 spiro atoms. The minimum Gasteiger partial charge on any atom is -0.462 e. The van der Waals surface area contributed by atoms with Gasteiger partial charge in [-0.3, -0.25) is 9.59 Å². The van der Waals surface area contributed by atoms with E-state index in [1.807, 2.05) is 6.08 Å². The fraction of sp³-hybridized carbons (Fsp3) is 0.714. The molecular weight excluding hydrogens is 767 g/mol. The van der Waals surface area contributed by atoms with E-state index in [2.05, 4.69) is 105 Å². The van der Waals surface area contributed by atoms with Crippen molar-refractivity contribution >= 4 is 11.9 Å². The molecular formula is C56H97NO5. The Morgan fingerprint density at radius 2 is 0.887 bits per heavy atom. The molecule has 6 nitrogen and oxygen atoms in total. The van der Waals surface area contributed by atoms with Gasteiger partial charge in [-0.05, 0) is 89.9 Å². The van der Waals surface area contributed by atoms with Crippen molar-refractivity contribution < 1.29 is 24.5 Å². The second-order valence-corrected chi connectivity index (χ2v) is 17.3. The average molecular weight is 864 g/mol. The first kappa shape index (κ1) is 59.0. The molecule has 3 atom stereocenters. The summed E-state index contributed by atoms with van der Waals surface area (Å²) in [6.45, 7) is 6.38. The van der Waals surface area contributed by atoms with E-state index in [1.165, 1.54) is 89.9 Å². The molecule has 0 rings (SSSR count). The van der Waals surface area contributed by atoms with Gasteiger partial charge in [0.25, 0.3) is 0 Å². The van der Waals surface area contributed by atoms with Crippen molar-refractivity contribution in [1.29, 1.82) is 0 Å². The lowest BCUT2D eigenvalue weighted by Crippen LogP contribution is -2.46. The van der Waals surface area contributed by atoms with Crippen molar-refractivity contribution in [1.82, 2.24) is 5.32 Å². The van der Waals surface area contributed by atoms with Gasteiger partial charge < -0.3 is 20.3 Å². The van der Waals surface area contributed by atoms with Crippen LogP contribution in [0.15, 0.2) is 85.1 Å². The van der Waals surface area contributed by atoms with Crippen molar-refractivity contribution in [3.63, 3.8) is 0 Å². The minimum atomic E-state index is -0.806. The fourth-order valence-electron chi connectivity index (χ4n) is 7.33. The van der Waals surface area contributed by atoms with Crippen LogP contribution >= 0.6 is 0 Å². The van der Waals surface area contributed by atoms with Gasteiger partial charge in [-0.2, -0.15) is 0 Å². The molecule has 1 amide bonds. The number of allylic oxidation sites excluding steroid dienone is 14. The zero-order valence-electron chi connectivity index (χ0n) is 40.5. The SMILES string of the molecule is CCCCC/C=C\C/C=C\C/C=C\CCCCCCC(=O)OC(CCCCC/C=C/C=C/C=C/C=C/CCCCC)CC(=O)NC(CO)C(O)CCCCCCCCCCCC. The summed E-state index contributed by atoms with van der Waals surface area (Å²) in [4.78, 5) is 26.1. The molecule has 6 heteroatoms. The third kappa shape index (κ3) is 43.7. The van der Waals surface area contributed by atoms with Crippen LogP contribution in [0, 0.1) is 0 Å². The number of hydrogen-bond acceptors (Lipinski definition) is 5. The smallest absolute Gasteiger partial charge is 0.306 e. The number of amides is 1. The highest BCUT2D eigenvalue weighted by Gasteiger charge is 2.24. The van der Waals surface area contributed by atoms with Crippen LogP contribution in [-0.4, -0.2) is 46.9 Å². The molecule has 0 aliphatic rings. The molecule has 0 heterocycles. The predicted molar refractivity (Wildman–Crippen MR) is 268 cm³/mol. The van der Waals surface area contributed by atoms with Crippen LogP contribution in [0.3, 0.4) is 0 Å². The molecule has 0 aromatic heterocycles. The van der Waals surface area contributed by atoms with E-state index in [9.17, 15) is 19.8 Å². The van der Waals surface area contributed by atoms with E-state index < -0.39 is 18.2 Å². The van der Waals surface area contributed by atoms with Gasteiger partial charge in [0.2, 0.25) is 5.91 Å². The maximum absolute atomic E-state index is 13.2. The first-order chi connectivity index (χ1) is 30.5. The Balaban J connectivity index is 4.73. The molecule has 0 aliphatic heterocycles. The molecule has 0 aromatic carbocycles. The molecule has 0 bridgehead atoms. The maximum atomic E-state index is 13.2. The lowest BCUT2D eigenvalue weighted by molar-refractivity contribution is -0.151. The van der Waals surface area contributed by atoms with Crippen LogP contribution in [0.1, 0.15) is 233 Å². The number of nitrogens with one attached hydrogen (secondary N) is 1. The summed E-state index contributed by atoms with van der Waals surface area (Å²) in [6.07, 6.45) is 63.5. The van der Waals surface area contributed by atoms with E-state index in [4.69, 9.17) is 4.74 Å². The van der Waals surface area contributed by atoms with Crippen molar-refractivity contribution in [2.24, 2.45) is 0 Å². The zero-order valence-corrected chi connectivity index (χ0v) is 40.5. The summed E-state index contributed by atoms with van der Waals surface area (Å²) in [7, 11) is 0. The Hall–Kier alpha value is -2.96. The number of esters is 1. The third-order valence-corrected chi connectivity index (χ3v) is 11.3. The van der Waals surface area contributed by atoms with Crippen molar-refractivity contribution in [2.75, 3.05) is 6.61 Å². The van der Waals surface area contributed by atoms with Crippen LogP contribution in [0.5, 0.6) is 0 Å². The second kappa shape index (κ2) is 49.1. The molecule has 0 radical (unpaired) electrons. The quantitative estimate of drug-likeness (QED) is 0.0245. The maximum Gasteiger partial charge on any atom is 0.306 e. The van der Waals surface area contributed by atoms with Crippen molar-refractivity contribution in [2.45, 2.75) is 251 Å². The van der Waals surface area contributed by atoms with Gasteiger partial charge in [-0.25, -0.2) is 0 Å². The molecule has 356 valence electrons. The number of aliphatic hydroxyl groups is 2. The fourth-order valence-corrected chi connectivity index (χ4v) is 7.33. The largest absolute Gasteiger partial charge is 0.462 e. The standard InChI is InChI=1S/C56H97NO5/c1-4-7-10-13-16-19-22-24-26-28-30-32-34-37-40-43-46-49-56(61)62-52(47-44-41-38-35-33-31-29-27-25-23-20-17-14-11-8-5-2)50-55(60)57-53(51-58)54(59)48-45-42-39-36-21-18-15-12-9-6-3/h16-17,19-20,23-27,29-33,52-54,58-59H,4-15,18,21-22,28,34-51H2,1-3H3,(H,57,60)/b19-16-,20-17+,25-23+,26-24-,29-27+,32-30-,33-31+. The first-order valence-corrected chi connectivity index (χ1v) is 25.9. The normalized spacial score (nSPS) is 14.0. The van der Waals surface area contributed by atoms with E-state index in [0.29, 0.717) is 19.3 Å². The number of aliphatic hydroxyl groups excluding tert-OH is 2. The Morgan fingerprint density at radius 1 is 0.484 bits per heavy atom. The number of carbonyl (C=O) groups excluding carboxylic acids is 2. The number of carbonyl (C=O) groups is 2. The van der Waals surface area contributed by atoms with Crippen LogP contribution in [0.4, 0.5) is 0 Å². The van der Waals surface area contributed by atoms with Crippen LogP contribution in [0.25, 0.3) is 0 Å². The van der Waals surface area contributed by atoms with E-state index >= 15 is 0 Å². The second-order valence-electron chi connectivity index (χ2n) is 17.3. The topological polar surface area (TPSA) is 95.9 Å². The van der Waals surface area contributed by atoms with E-state index in [-0.39, 0.29) is 24.9 Å². The van der Waals surface area contributed by atoms with Crippen LogP contribution in [-0.2, 0) is 14.3 Å². The van der Waals surface area contributed by atoms with E-state index in [0.717, 1.165) is 96.3 Å². The Bertz CT molecular complexity index is 1200. The highest BCUT2D eigenvalue weighted by molar-refractivity contribution is 5.77. The molecule has 0 saturated carbocycles. The lowest BCUT2D eigenvalue weighted by Gasteiger charge is -2.24. The summed E-state index contributed by atoms with van der Waals surface area (Å²) in [5, 5.41) is 23.7. The average Bonchev–Trinajstić information content (AvgIpc) is 3.26. The molecule has 3 unspecified atom stereocenters. The summed E-state index contributed by atoms with van der Waals surface area (Å²) in [5.74, 6) is -0.543. The number of rotatable bonds is 45. The molecule has 0 aliphatic carbocycles. The Kier molecular flexibility index (Phi) is 46.7. The van der Waals surface area contributed by atoms with Gasteiger partial charge in [-0.1, -0.05) is 215 Å². The summed E-state index contributed by atoms with van der Waals surface area (Å²) in [5.41, 5.74) is 0. The summed E-state index contributed by atoms with van der Waals surface area (Å²) >= 11 is 0. The third-order valence-electron chi connectivity index (χ3n) is 11.3. The first-order valence-electron chi connectivity index (χ1n) is 25.9. The highest BCUT2D eigenvalue weighted by atomic mass is 16.5. The van der Waals surface area contributed by atoms with Gasteiger partial charge in [0, 0.05) is 6.42 Å². The number of hydrogen-bond donors (Lipinski definition) is 3. The van der Waals surface area contributed by atoms with Crippen molar-refractivity contribution in [3.8, 4) is 0 Å². The molecule has 3 N–H and O–H groups in total. The highest BCUT2D eigenvalue weighted by Crippen LogP contribution is 2.17. The van der Waals surface area contributed by atoms with Crippen molar-refractivity contribution in [3.05, 3.63) is 85.1 Å². The summed E-state index contributed by atoms with van der Waals surface area (Å²) < 4.78 is 5.91. The van der Waals surface area contributed by atoms with E-state index in [1.54, 1.807) is 0 Å². The summed E-state index contributed by atoms with van der Waals surface area (Å²) in [6, 6.07) is -0.723. The van der Waals surface area contributed by atoms with Gasteiger partial charge in [0.1, 0.15) is 6.10 Å². The zero-order chi connectivity index (χ0) is 45.2. The van der Waals surface area contributed by atoms with Gasteiger partial charge in [0.05, 0.1) is 25.2 Å².